The Morgan fingerprint density at radius 2 is 1.83 bits per heavy atom. The lowest BCUT2D eigenvalue weighted by molar-refractivity contribution is 0.137. The number of nitrogens with zero attached hydrogens (tertiary/aromatic N) is 5. The zero-order valence-corrected chi connectivity index (χ0v) is 13.3. The third-order valence-electron chi connectivity index (χ3n) is 3.96. The minimum Gasteiger partial charge on any atom is -0.508 e. The molecule has 0 spiro atoms. The summed E-state index contributed by atoms with van der Waals surface area (Å²) in [6, 6.07) is 10.4. The molecule has 6 nitrogen and oxygen atoms in total. The molecule has 126 valence electrons. The molecular formula is C16H17F2N5O. The summed E-state index contributed by atoms with van der Waals surface area (Å²) in [5.41, 5.74) is 1.35. The van der Waals surface area contributed by atoms with Crippen molar-refractivity contribution in [1.29, 1.82) is 0 Å². The predicted molar refractivity (Wildman–Crippen MR) is 85.4 cm³/mol. The summed E-state index contributed by atoms with van der Waals surface area (Å²) < 4.78 is 27.0. The van der Waals surface area contributed by atoms with Crippen LogP contribution in [0.5, 0.6) is 5.75 Å². The van der Waals surface area contributed by atoms with Crippen molar-refractivity contribution in [3.05, 3.63) is 47.8 Å². The molecule has 1 aromatic carbocycles. The van der Waals surface area contributed by atoms with Crippen LogP contribution < -0.4 is 4.90 Å². The van der Waals surface area contributed by atoms with Crippen molar-refractivity contribution in [3.8, 4) is 5.75 Å². The van der Waals surface area contributed by atoms with Crippen LogP contribution in [0.4, 0.5) is 14.6 Å². The highest BCUT2D eigenvalue weighted by atomic mass is 19.3. The van der Waals surface area contributed by atoms with Crippen LogP contribution in [0, 0.1) is 0 Å². The number of hydrogen-bond donors (Lipinski definition) is 1. The fourth-order valence-electron chi connectivity index (χ4n) is 2.46. The van der Waals surface area contributed by atoms with E-state index in [9.17, 15) is 13.9 Å². The molecule has 0 aliphatic heterocycles. The van der Waals surface area contributed by atoms with Crippen LogP contribution in [-0.4, -0.2) is 38.0 Å². The van der Waals surface area contributed by atoms with Crippen molar-refractivity contribution in [2.45, 2.75) is 25.8 Å². The number of phenols is 1. The number of hydrogen-bond acceptors (Lipinski definition) is 5. The van der Waals surface area contributed by atoms with Gasteiger partial charge in [-0.3, -0.25) is 0 Å². The molecule has 1 N–H and O–H groups in total. The average Bonchev–Trinajstić information content (AvgIpc) is 2.99. The Hall–Kier alpha value is -2.77. The first kappa shape index (κ1) is 16.1. The van der Waals surface area contributed by atoms with Crippen molar-refractivity contribution in [2.24, 2.45) is 0 Å². The van der Waals surface area contributed by atoms with Crippen LogP contribution in [-0.2, 0) is 6.42 Å². The van der Waals surface area contributed by atoms with E-state index in [0.717, 1.165) is 16.5 Å². The molecule has 0 radical (unpaired) electrons. The molecule has 0 fully saturated rings. The number of phenolic OH excluding ortho intramolecular Hbond substituents is 1. The normalized spacial score (nSPS) is 12.7. The highest BCUT2D eigenvalue weighted by Crippen LogP contribution is 2.20. The Balaban J connectivity index is 1.83. The van der Waals surface area contributed by atoms with Gasteiger partial charge in [-0.2, -0.15) is 4.52 Å². The monoisotopic (exact) mass is 333 g/mol. The average molecular weight is 333 g/mol. The molecule has 0 saturated heterocycles. The molecule has 2 heterocycles. The fraction of sp³-hybridized carbons (Fsp3) is 0.312. The Labute approximate surface area is 137 Å². The van der Waals surface area contributed by atoms with Crippen molar-refractivity contribution in [2.75, 3.05) is 11.9 Å². The minimum absolute atomic E-state index is 0.0750. The maximum Gasteiger partial charge on any atom is 0.299 e. The van der Waals surface area contributed by atoms with E-state index in [1.54, 1.807) is 24.3 Å². The lowest BCUT2D eigenvalue weighted by Crippen LogP contribution is -2.31. The van der Waals surface area contributed by atoms with Crippen LogP contribution in [0.3, 0.4) is 0 Å². The third kappa shape index (κ3) is 3.12. The van der Waals surface area contributed by atoms with E-state index in [1.165, 1.54) is 0 Å². The van der Waals surface area contributed by atoms with Gasteiger partial charge in [0, 0.05) is 13.1 Å². The Bertz CT molecular complexity index is 834. The number of fused-ring (bicyclic) bond motifs is 1. The summed E-state index contributed by atoms with van der Waals surface area (Å²) in [7, 11) is 1.85. The number of halogens is 2. The molecule has 3 aromatic rings. The molecule has 0 amide bonds. The van der Waals surface area contributed by atoms with Gasteiger partial charge >= 0.3 is 0 Å². The Kier molecular flexibility index (Phi) is 4.28. The van der Waals surface area contributed by atoms with Gasteiger partial charge in [0.2, 0.25) is 5.82 Å². The zero-order chi connectivity index (χ0) is 17.3. The number of anilines is 1. The van der Waals surface area contributed by atoms with E-state index < -0.39 is 12.2 Å². The van der Waals surface area contributed by atoms with Gasteiger partial charge in [-0.15, -0.1) is 15.3 Å². The van der Waals surface area contributed by atoms with Crippen LogP contribution in [0.2, 0.25) is 0 Å². The maximum absolute atomic E-state index is 12.9. The van der Waals surface area contributed by atoms with Crippen molar-refractivity contribution in [3.63, 3.8) is 0 Å². The molecule has 0 saturated carbocycles. The highest BCUT2D eigenvalue weighted by molar-refractivity contribution is 5.46. The summed E-state index contributed by atoms with van der Waals surface area (Å²) in [5.74, 6) is 0.306. The summed E-state index contributed by atoms with van der Waals surface area (Å²) >= 11 is 0. The molecule has 3 rings (SSSR count). The van der Waals surface area contributed by atoms with E-state index in [-0.39, 0.29) is 17.4 Å². The SMILES string of the molecule is CC(Cc1ccc(O)cc1)N(C)c1ccc2nnc(C(F)F)n2n1. The number of rotatable bonds is 5. The summed E-state index contributed by atoms with van der Waals surface area (Å²) in [4.78, 5) is 1.90. The van der Waals surface area contributed by atoms with E-state index >= 15 is 0 Å². The predicted octanol–water partition coefficient (Wildman–Crippen LogP) is 2.83. The first-order valence-corrected chi connectivity index (χ1v) is 7.47. The second-order valence-corrected chi connectivity index (χ2v) is 5.65. The molecule has 0 bridgehead atoms. The lowest BCUT2D eigenvalue weighted by atomic mass is 10.1. The van der Waals surface area contributed by atoms with E-state index in [1.807, 2.05) is 31.0 Å². The summed E-state index contributed by atoms with van der Waals surface area (Å²) in [6.45, 7) is 2.01. The number of likely N-dealkylation sites (N-methyl/N-ethyl adjacent to an activating group) is 1. The van der Waals surface area contributed by atoms with Crippen LogP contribution in [0.1, 0.15) is 24.7 Å². The Morgan fingerprint density at radius 3 is 2.50 bits per heavy atom. The largest absolute Gasteiger partial charge is 0.508 e. The molecule has 0 aliphatic carbocycles. The summed E-state index contributed by atoms with van der Waals surface area (Å²) in [6.07, 6.45) is -2.01. The second kappa shape index (κ2) is 6.38. The molecule has 0 aliphatic rings. The fourth-order valence-corrected chi connectivity index (χ4v) is 2.46. The van der Waals surface area contributed by atoms with E-state index in [0.29, 0.717) is 5.82 Å². The van der Waals surface area contributed by atoms with Gasteiger partial charge in [0.1, 0.15) is 11.6 Å². The van der Waals surface area contributed by atoms with Crippen molar-refractivity contribution < 1.29 is 13.9 Å². The lowest BCUT2D eigenvalue weighted by Gasteiger charge is -2.26. The molecule has 24 heavy (non-hydrogen) atoms. The molecule has 8 heteroatoms. The topological polar surface area (TPSA) is 66.5 Å². The number of benzene rings is 1. The first-order chi connectivity index (χ1) is 11.5. The maximum atomic E-state index is 12.9. The van der Waals surface area contributed by atoms with Gasteiger partial charge in [-0.25, -0.2) is 8.78 Å². The first-order valence-electron chi connectivity index (χ1n) is 7.47. The number of aromatic hydroxyl groups is 1. The van der Waals surface area contributed by atoms with Gasteiger partial charge < -0.3 is 10.0 Å². The number of aromatic nitrogens is 4. The zero-order valence-electron chi connectivity index (χ0n) is 13.3. The van der Waals surface area contributed by atoms with Crippen molar-refractivity contribution >= 4 is 11.5 Å². The molecular weight excluding hydrogens is 316 g/mol. The highest BCUT2D eigenvalue weighted by Gasteiger charge is 2.19. The van der Waals surface area contributed by atoms with Gasteiger partial charge in [-0.05, 0) is 43.2 Å². The molecule has 1 atom stereocenters. The van der Waals surface area contributed by atoms with Crippen LogP contribution >= 0.6 is 0 Å². The van der Waals surface area contributed by atoms with Gasteiger partial charge in [-0.1, -0.05) is 12.1 Å². The van der Waals surface area contributed by atoms with Gasteiger partial charge in [0.15, 0.2) is 5.65 Å². The number of alkyl halides is 2. The van der Waals surface area contributed by atoms with Crippen LogP contribution in [0.15, 0.2) is 36.4 Å². The molecule has 1 unspecified atom stereocenters. The van der Waals surface area contributed by atoms with Crippen molar-refractivity contribution in [1.82, 2.24) is 19.8 Å². The second-order valence-electron chi connectivity index (χ2n) is 5.65. The van der Waals surface area contributed by atoms with E-state index in [2.05, 4.69) is 15.3 Å². The smallest absolute Gasteiger partial charge is 0.299 e. The summed E-state index contributed by atoms with van der Waals surface area (Å²) in [5, 5.41) is 20.7. The van der Waals surface area contributed by atoms with Crippen LogP contribution in [0.25, 0.3) is 5.65 Å². The quantitative estimate of drug-likeness (QED) is 0.778. The van der Waals surface area contributed by atoms with Gasteiger partial charge in [0.25, 0.3) is 6.43 Å². The molecule has 2 aromatic heterocycles. The van der Waals surface area contributed by atoms with Gasteiger partial charge in [0.05, 0.1) is 0 Å². The minimum atomic E-state index is -2.73. The van der Waals surface area contributed by atoms with E-state index in [4.69, 9.17) is 0 Å². The standard InChI is InChI=1S/C16H17F2N5O/c1-10(9-11-3-5-12(24)6-4-11)22(2)14-8-7-13-19-20-16(15(17)18)23(13)21-14/h3-8,10,15,24H,9H2,1-2H3. The third-order valence-corrected chi connectivity index (χ3v) is 3.96. The Morgan fingerprint density at radius 1 is 1.12 bits per heavy atom.